The molecule has 3 rings (SSSR count). The van der Waals surface area contributed by atoms with E-state index in [1.165, 1.54) is 11.1 Å². The summed E-state index contributed by atoms with van der Waals surface area (Å²) >= 11 is 0. The summed E-state index contributed by atoms with van der Waals surface area (Å²) in [5, 5.41) is 0. The minimum atomic E-state index is 0.445. The highest BCUT2D eigenvalue weighted by Crippen LogP contribution is 2.31. The van der Waals surface area contributed by atoms with Crippen LogP contribution in [0.5, 0.6) is 0 Å². The Balaban J connectivity index is 2.15. The van der Waals surface area contributed by atoms with Crippen LogP contribution >= 0.6 is 0 Å². The molecule has 2 N–H and O–H groups in total. The molecule has 0 atom stereocenters. The third-order valence-corrected chi connectivity index (χ3v) is 3.51. The summed E-state index contributed by atoms with van der Waals surface area (Å²) in [4.78, 5) is 8.42. The van der Waals surface area contributed by atoms with Gasteiger partial charge in [0, 0.05) is 18.7 Å². The van der Waals surface area contributed by atoms with Crippen molar-refractivity contribution in [2.75, 3.05) is 5.73 Å². The summed E-state index contributed by atoms with van der Waals surface area (Å²) in [6, 6.07) is 8.37. The highest BCUT2D eigenvalue weighted by Gasteiger charge is 2.12. The fraction of sp³-hybridized carbons (Fsp3) is 0.176. The fourth-order valence-corrected chi connectivity index (χ4v) is 2.35. The van der Waals surface area contributed by atoms with Crippen LogP contribution in [0.4, 0.5) is 5.82 Å². The highest BCUT2D eigenvalue weighted by atomic mass is 16.4. The molecule has 1 aromatic carbocycles. The van der Waals surface area contributed by atoms with Gasteiger partial charge in [0.1, 0.15) is 5.82 Å². The van der Waals surface area contributed by atoms with Gasteiger partial charge in [0.05, 0.1) is 11.8 Å². The van der Waals surface area contributed by atoms with Crippen molar-refractivity contribution in [3.05, 3.63) is 53.7 Å². The van der Waals surface area contributed by atoms with E-state index in [2.05, 4.69) is 42.0 Å². The lowest BCUT2D eigenvalue weighted by Crippen LogP contribution is -1.95. The summed E-state index contributed by atoms with van der Waals surface area (Å²) in [7, 11) is 0. The zero-order valence-electron chi connectivity index (χ0n) is 12.3. The van der Waals surface area contributed by atoms with E-state index in [1.54, 1.807) is 12.4 Å². The molecule has 21 heavy (non-hydrogen) atoms. The molecule has 0 spiro atoms. The first-order valence-electron chi connectivity index (χ1n) is 6.80. The first kappa shape index (κ1) is 13.4. The monoisotopic (exact) mass is 279 g/mol. The predicted octanol–water partition coefficient (Wildman–Crippen LogP) is 3.91. The Morgan fingerprint density at radius 1 is 0.952 bits per heavy atom. The molecular formula is C17H17N3O. The smallest absolute Gasteiger partial charge is 0.191 e. The van der Waals surface area contributed by atoms with E-state index in [1.807, 2.05) is 13.0 Å². The van der Waals surface area contributed by atoms with Crippen molar-refractivity contribution in [2.45, 2.75) is 20.8 Å². The molecule has 0 saturated carbocycles. The van der Waals surface area contributed by atoms with Crippen LogP contribution in [0.3, 0.4) is 0 Å². The second-order valence-corrected chi connectivity index (χ2v) is 5.22. The highest BCUT2D eigenvalue weighted by molar-refractivity contribution is 5.77. The van der Waals surface area contributed by atoms with E-state index in [9.17, 15) is 0 Å². The molecule has 2 aromatic heterocycles. The number of nitrogens with two attached hydrogens (primary N) is 1. The summed E-state index contributed by atoms with van der Waals surface area (Å²) in [6.45, 7) is 5.97. The van der Waals surface area contributed by atoms with Crippen molar-refractivity contribution >= 4 is 5.82 Å². The zero-order chi connectivity index (χ0) is 15.0. The summed E-state index contributed by atoms with van der Waals surface area (Å²) in [5.74, 6) is 1.70. The lowest BCUT2D eigenvalue weighted by Gasteiger charge is -2.09. The Kier molecular flexibility index (Phi) is 3.22. The summed E-state index contributed by atoms with van der Waals surface area (Å²) < 4.78 is 5.56. The molecule has 4 heteroatoms. The molecule has 0 aliphatic heterocycles. The molecule has 2 heterocycles. The number of hydrogen-bond acceptors (Lipinski definition) is 4. The van der Waals surface area contributed by atoms with Crippen molar-refractivity contribution in [3.63, 3.8) is 0 Å². The van der Waals surface area contributed by atoms with Crippen LogP contribution in [0.1, 0.15) is 17.0 Å². The van der Waals surface area contributed by atoms with Gasteiger partial charge in [0.25, 0.3) is 0 Å². The Morgan fingerprint density at radius 2 is 1.76 bits per heavy atom. The first-order valence-corrected chi connectivity index (χ1v) is 6.80. The number of aryl methyl sites for hydroxylation is 3. The molecule has 0 unspecified atom stereocenters. The van der Waals surface area contributed by atoms with E-state index >= 15 is 0 Å². The number of anilines is 1. The number of hydrogen-bond donors (Lipinski definition) is 1. The molecule has 106 valence electrons. The molecule has 0 radical (unpaired) electrons. The average molecular weight is 279 g/mol. The van der Waals surface area contributed by atoms with Gasteiger partial charge in [-0.15, -0.1) is 0 Å². The van der Waals surface area contributed by atoms with Crippen molar-refractivity contribution in [1.29, 1.82) is 0 Å². The standard InChI is InChI=1S/C17H17N3O/c1-10-4-5-11(2)14(6-10)13-7-15(17(18)20-8-13)16-9-19-12(3)21-16/h4-9H,1-3H3,(H2,18,20). The maximum absolute atomic E-state index is 5.98. The average Bonchev–Trinajstić information content (AvgIpc) is 2.89. The second kappa shape index (κ2) is 5.05. The molecule has 0 amide bonds. The number of nitrogens with zero attached hydrogens (tertiary/aromatic N) is 2. The Hall–Kier alpha value is -2.62. The van der Waals surface area contributed by atoms with Gasteiger partial charge in [-0.3, -0.25) is 0 Å². The van der Waals surface area contributed by atoms with E-state index in [0.29, 0.717) is 17.5 Å². The van der Waals surface area contributed by atoms with Gasteiger partial charge in [-0.1, -0.05) is 23.8 Å². The SMILES string of the molecule is Cc1ccc(C)c(-c2cnc(N)c(-c3cnc(C)o3)c2)c1. The van der Waals surface area contributed by atoms with Crippen molar-refractivity contribution < 1.29 is 4.42 Å². The van der Waals surface area contributed by atoms with Crippen LogP contribution in [0.25, 0.3) is 22.5 Å². The zero-order valence-corrected chi connectivity index (χ0v) is 12.3. The summed E-state index contributed by atoms with van der Waals surface area (Å²) in [6.07, 6.45) is 3.47. The molecule has 0 saturated heterocycles. The Bertz CT molecular complexity index is 806. The Morgan fingerprint density at radius 3 is 2.48 bits per heavy atom. The van der Waals surface area contributed by atoms with Crippen LogP contribution in [0.15, 0.2) is 41.1 Å². The van der Waals surface area contributed by atoms with Gasteiger partial charge in [0.2, 0.25) is 0 Å². The van der Waals surface area contributed by atoms with Crippen molar-refractivity contribution in [2.24, 2.45) is 0 Å². The third kappa shape index (κ3) is 2.52. The number of nitrogen functional groups attached to an aromatic ring is 1. The number of benzene rings is 1. The quantitative estimate of drug-likeness (QED) is 0.772. The van der Waals surface area contributed by atoms with Gasteiger partial charge in [-0.05, 0) is 31.0 Å². The van der Waals surface area contributed by atoms with Gasteiger partial charge in [-0.2, -0.15) is 0 Å². The van der Waals surface area contributed by atoms with Crippen LogP contribution < -0.4 is 5.73 Å². The molecular weight excluding hydrogens is 262 g/mol. The maximum Gasteiger partial charge on any atom is 0.191 e. The van der Waals surface area contributed by atoms with Crippen LogP contribution in [0, 0.1) is 20.8 Å². The van der Waals surface area contributed by atoms with Gasteiger partial charge < -0.3 is 10.2 Å². The first-order chi connectivity index (χ1) is 10.0. The summed E-state index contributed by atoms with van der Waals surface area (Å²) in [5.41, 5.74) is 11.3. The molecule has 0 aliphatic rings. The molecule has 0 aliphatic carbocycles. The van der Waals surface area contributed by atoms with E-state index in [4.69, 9.17) is 10.2 Å². The van der Waals surface area contributed by atoms with Crippen molar-refractivity contribution in [3.8, 4) is 22.5 Å². The molecule has 4 nitrogen and oxygen atoms in total. The second-order valence-electron chi connectivity index (χ2n) is 5.22. The van der Waals surface area contributed by atoms with Crippen LogP contribution in [0.2, 0.25) is 0 Å². The number of oxazole rings is 1. The lowest BCUT2D eigenvalue weighted by atomic mass is 9.98. The van der Waals surface area contributed by atoms with Crippen LogP contribution in [-0.2, 0) is 0 Å². The van der Waals surface area contributed by atoms with Gasteiger partial charge >= 0.3 is 0 Å². The van der Waals surface area contributed by atoms with Gasteiger partial charge in [-0.25, -0.2) is 9.97 Å². The van der Waals surface area contributed by atoms with E-state index in [0.717, 1.165) is 16.7 Å². The minimum absolute atomic E-state index is 0.445. The number of aromatic nitrogens is 2. The van der Waals surface area contributed by atoms with Gasteiger partial charge in [0.15, 0.2) is 11.7 Å². The molecule has 0 fully saturated rings. The van der Waals surface area contributed by atoms with E-state index < -0.39 is 0 Å². The number of rotatable bonds is 2. The van der Waals surface area contributed by atoms with Crippen LogP contribution in [-0.4, -0.2) is 9.97 Å². The molecule has 0 bridgehead atoms. The Labute approximate surface area is 123 Å². The topological polar surface area (TPSA) is 64.9 Å². The van der Waals surface area contributed by atoms with E-state index in [-0.39, 0.29) is 0 Å². The third-order valence-electron chi connectivity index (χ3n) is 3.51. The fourth-order valence-electron chi connectivity index (χ4n) is 2.35. The predicted molar refractivity (Wildman–Crippen MR) is 83.8 cm³/mol. The van der Waals surface area contributed by atoms with Crippen molar-refractivity contribution in [1.82, 2.24) is 9.97 Å². The normalized spacial score (nSPS) is 10.8. The lowest BCUT2D eigenvalue weighted by molar-refractivity contribution is 0.534. The largest absolute Gasteiger partial charge is 0.441 e. The molecule has 3 aromatic rings. The number of pyridine rings is 1. The maximum atomic E-state index is 5.98. The minimum Gasteiger partial charge on any atom is -0.441 e.